The number of halogens is 2. The van der Waals surface area contributed by atoms with Crippen LogP contribution in [0.25, 0.3) is 0 Å². The first-order valence-electron chi connectivity index (χ1n) is 7.81. The van der Waals surface area contributed by atoms with Gasteiger partial charge in [-0.1, -0.05) is 43.1 Å². The summed E-state index contributed by atoms with van der Waals surface area (Å²) in [5.41, 5.74) is 4.78. The molecule has 1 aliphatic carbocycles. The maximum atomic E-state index is 10.2. The number of fused-ring (bicyclic) bond motifs is 1. The monoisotopic (exact) mass is 410 g/mol. The Morgan fingerprint density at radius 1 is 1.20 bits per heavy atom. The molecular weight excluding hydrogens is 395 g/mol. The summed E-state index contributed by atoms with van der Waals surface area (Å²) >= 11 is 15.5. The van der Waals surface area contributed by atoms with E-state index in [1.165, 1.54) is 0 Å². The van der Waals surface area contributed by atoms with E-state index in [1.807, 2.05) is 13.8 Å². The molecular formula is C17H16Cl2N4S2. The number of benzene rings is 1. The van der Waals surface area contributed by atoms with Crippen molar-refractivity contribution in [3.63, 3.8) is 0 Å². The molecule has 3 atom stereocenters. The largest absolute Gasteiger partial charge is 0.386 e. The molecule has 0 bridgehead atoms. The Labute approximate surface area is 165 Å². The predicted octanol–water partition coefficient (Wildman–Crippen LogP) is 4.64. The van der Waals surface area contributed by atoms with Gasteiger partial charge < -0.3 is 5.73 Å². The Bertz CT molecular complexity index is 838. The molecule has 2 N–H and O–H groups in total. The molecule has 0 unspecified atom stereocenters. The van der Waals surface area contributed by atoms with Crippen molar-refractivity contribution in [2.45, 2.75) is 24.0 Å². The van der Waals surface area contributed by atoms with Crippen molar-refractivity contribution in [1.82, 2.24) is 0 Å². The predicted molar refractivity (Wildman–Crippen MR) is 106 cm³/mol. The van der Waals surface area contributed by atoms with Crippen molar-refractivity contribution in [2.24, 2.45) is 21.6 Å². The fourth-order valence-corrected chi connectivity index (χ4v) is 7.72. The van der Waals surface area contributed by atoms with Gasteiger partial charge in [-0.05, 0) is 29.2 Å². The molecule has 1 aromatic rings. The van der Waals surface area contributed by atoms with Gasteiger partial charge in [-0.3, -0.25) is 0 Å². The number of hydrogen-bond donors (Lipinski definition) is 1. The van der Waals surface area contributed by atoms with Gasteiger partial charge in [0.15, 0.2) is 4.20 Å². The van der Waals surface area contributed by atoms with Crippen molar-refractivity contribution >= 4 is 52.6 Å². The van der Waals surface area contributed by atoms with Gasteiger partial charge in [-0.15, -0.1) is 23.5 Å². The van der Waals surface area contributed by atoms with Crippen LogP contribution in [0.5, 0.6) is 0 Å². The van der Waals surface area contributed by atoms with Crippen molar-refractivity contribution in [1.29, 1.82) is 10.5 Å². The number of nitrogens with two attached hydrogens (primary N) is 1. The van der Waals surface area contributed by atoms with Gasteiger partial charge >= 0.3 is 0 Å². The lowest BCUT2D eigenvalue weighted by Crippen LogP contribution is -2.31. The lowest BCUT2D eigenvalue weighted by Gasteiger charge is -2.31. The van der Waals surface area contributed by atoms with E-state index < -0.39 is 21.0 Å². The van der Waals surface area contributed by atoms with Crippen molar-refractivity contribution in [3.05, 3.63) is 33.8 Å². The van der Waals surface area contributed by atoms with Crippen LogP contribution in [0.4, 0.5) is 0 Å². The molecule has 1 saturated carbocycles. The van der Waals surface area contributed by atoms with E-state index in [0.29, 0.717) is 10.0 Å². The summed E-state index contributed by atoms with van der Waals surface area (Å²) in [6.07, 6.45) is 0. The molecule has 3 rings (SSSR count). The summed E-state index contributed by atoms with van der Waals surface area (Å²) in [4.78, 5) is 4.65. The van der Waals surface area contributed by atoms with Crippen LogP contribution in [0, 0.1) is 33.5 Å². The quantitative estimate of drug-likeness (QED) is 0.714. The fourth-order valence-electron chi connectivity index (χ4n) is 3.95. The van der Waals surface area contributed by atoms with E-state index in [-0.39, 0.29) is 5.84 Å². The molecule has 8 heteroatoms. The van der Waals surface area contributed by atoms with Crippen LogP contribution in [0.15, 0.2) is 23.2 Å². The topological polar surface area (TPSA) is 86.0 Å². The molecule has 0 spiro atoms. The summed E-state index contributed by atoms with van der Waals surface area (Å²) in [5, 5.41) is 21.2. The van der Waals surface area contributed by atoms with E-state index in [1.54, 1.807) is 41.7 Å². The van der Waals surface area contributed by atoms with Crippen LogP contribution in [-0.4, -0.2) is 21.5 Å². The molecule has 1 fully saturated rings. The normalized spacial score (nSPS) is 31.6. The zero-order valence-corrected chi connectivity index (χ0v) is 16.9. The summed E-state index contributed by atoms with van der Waals surface area (Å²) in [6.45, 7) is 4.02. The number of nitrogens with zero attached hydrogens (tertiary/aromatic N) is 3. The molecule has 0 aromatic heterocycles. The second-order valence-corrected chi connectivity index (χ2v) is 9.90. The maximum absolute atomic E-state index is 10.2. The van der Waals surface area contributed by atoms with E-state index in [0.717, 1.165) is 17.1 Å². The number of rotatable bonds is 5. The van der Waals surface area contributed by atoms with E-state index >= 15 is 0 Å². The minimum absolute atomic E-state index is 0.231. The SMILES string of the molecule is CCSC1(SCC)N=C(N)[C@@]2(C#N)[C@@H](c3ccc(Cl)cc3Cl)[C@]12C#N. The first kappa shape index (κ1) is 18.7. The molecule has 0 radical (unpaired) electrons. The Kier molecular flexibility index (Phi) is 4.71. The second-order valence-electron chi connectivity index (χ2n) is 5.88. The Morgan fingerprint density at radius 2 is 1.84 bits per heavy atom. The third kappa shape index (κ3) is 2.12. The minimum atomic E-state index is -1.15. The molecule has 1 aliphatic heterocycles. The highest BCUT2D eigenvalue weighted by Gasteiger charge is 2.92. The average molecular weight is 411 g/mol. The molecule has 1 aromatic carbocycles. The number of thioether (sulfide) groups is 2. The van der Waals surface area contributed by atoms with Crippen LogP contribution >= 0.6 is 46.7 Å². The van der Waals surface area contributed by atoms with Crippen molar-refractivity contribution in [3.8, 4) is 12.1 Å². The third-order valence-electron chi connectivity index (χ3n) is 4.88. The van der Waals surface area contributed by atoms with Crippen LogP contribution in [-0.2, 0) is 0 Å². The first-order chi connectivity index (χ1) is 11.9. The van der Waals surface area contributed by atoms with E-state index in [2.05, 4.69) is 17.1 Å². The van der Waals surface area contributed by atoms with Gasteiger partial charge in [0.25, 0.3) is 0 Å². The van der Waals surface area contributed by atoms with Crippen LogP contribution < -0.4 is 5.73 Å². The standard InChI is InChI=1S/C17H16Cl2N4S2/c1-3-24-17(25-4-2)16(9-21)13(15(16,8-20)14(22)23-17)11-6-5-10(18)7-12(11)19/h5-7,13H,3-4H2,1-2H3,(H2,22,23)/t13-,15-,16+/m1/s1. The van der Waals surface area contributed by atoms with Gasteiger partial charge in [-0.2, -0.15) is 10.5 Å². The van der Waals surface area contributed by atoms with Crippen molar-refractivity contribution in [2.75, 3.05) is 11.5 Å². The van der Waals surface area contributed by atoms with E-state index in [9.17, 15) is 10.5 Å². The van der Waals surface area contributed by atoms with Gasteiger partial charge in [0.1, 0.15) is 16.7 Å². The number of aliphatic imine (C=N–C) groups is 1. The van der Waals surface area contributed by atoms with Crippen LogP contribution in [0.1, 0.15) is 25.3 Å². The molecule has 25 heavy (non-hydrogen) atoms. The third-order valence-corrected chi connectivity index (χ3v) is 8.34. The molecule has 0 saturated heterocycles. The smallest absolute Gasteiger partial charge is 0.175 e. The molecule has 130 valence electrons. The number of nitriles is 2. The zero-order valence-electron chi connectivity index (χ0n) is 13.7. The average Bonchev–Trinajstić information content (AvgIpc) is 3.13. The molecule has 0 amide bonds. The second kappa shape index (κ2) is 6.28. The fraction of sp³-hybridized carbons (Fsp3) is 0.471. The zero-order chi connectivity index (χ0) is 18.5. The van der Waals surface area contributed by atoms with E-state index in [4.69, 9.17) is 28.9 Å². The summed E-state index contributed by atoms with van der Waals surface area (Å²) < 4.78 is -0.807. The minimum Gasteiger partial charge on any atom is -0.386 e. The highest BCUT2D eigenvalue weighted by atomic mass is 35.5. The molecule has 1 heterocycles. The maximum Gasteiger partial charge on any atom is 0.175 e. The Balaban J connectivity index is 2.25. The summed E-state index contributed by atoms with van der Waals surface area (Å²) in [7, 11) is 0. The lowest BCUT2D eigenvalue weighted by molar-refractivity contribution is 0.564. The highest BCUT2D eigenvalue weighted by molar-refractivity contribution is 8.18. The van der Waals surface area contributed by atoms with Gasteiger partial charge in [0, 0.05) is 16.0 Å². The van der Waals surface area contributed by atoms with Gasteiger partial charge in [0.2, 0.25) is 0 Å². The summed E-state index contributed by atoms with van der Waals surface area (Å²) in [5.74, 6) is 1.33. The summed E-state index contributed by atoms with van der Waals surface area (Å²) in [6, 6.07) is 9.91. The molecule has 2 aliphatic rings. The number of hydrogen-bond acceptors (Lipinski definition) is 6. The van der Waals surface area contributed by atoms with Crippen LogP contribution in [0.3, 0.4) is 0 Å². The molecule has 4 nitrogen and oxygen atoms in total. The first-order valence-corrected chi connectivity index (χ1v) is 10.5. The Hall–Kier alpha value is -1.05. The lowest BCUT2D eigenvalue weighted by atomic mass is 9.97. The van der Waals surface area contributed by atoms with Gasteiger partial charge in [-0.25, -0.2) is 4.99 Å². The van der Waals surface area contributed by atoms with Gasteiger partial charge in [0.05, 0.1) is 12.1 Å². The van der Waals surface area contributed by atoms with Crippen molar-refractivity contribution < 1.29 is 0 Å². The highest BCUT2D eigenvalue weighted by Crippen LogP contribution is 2.85. The van der Waals surface area contributed by atoms with Crippen LogP contribution in [0.2, 0.25) is 10.0 Å². The Morgan fingerprint density at radius 3 is 2.32 bits per heavy atom. The number of amidine groups is 1.